The number of aromatic nitrogens is 1. The smallest absolute Gasteiger partial charge is 0.215 e. The van der Waals surface area contributed by atoms with Crippen molar-refractivity contribution in [3.8, 4) is 23.1 Å². The number of aromatic hydroxyl groups is 2. The summed E-state index contributed by atoms with van der Waals surface area (Å²) in [6.45, 7) is 0. The fraction of sp³-hybridized carbons (Fsp3) is 0.0526. The molecule has 0 atom stereocenters. The molecule has 3 aromatic rings. The lowest BCUT2D eigenvalue weighted by Crippen LogP contribution is -1.92. The van der Waals surface area contributed by atoms with Gasteiger partial charge in [-0.2, -0.15) is 0 Å². The van der Waals surface area contributed by atoms with E-state index in [1.54, 1.807) is 42.2 Å². The first-order valence-electron chi connectivity index (χ1n) is 7.75. The van der Waals surface area contributed by atoms with Crippen LogP contribution in [0.25, 0.3) is 17.3 Å². The van der Waals surface area contributed by atoms with Crippen LogP contribution >= 0.6 is 23.6 Å². The number of thiazole rings is 1. The second kappa shape index (κ2) is 6.44. The highest BCUT2D eigenvalue weighted by molar-refractivity contribution is 7.73. The summed E-state index contributed by atoms with van der Waals surface area (Å²) in [6, 6.07) is 12.2. The van der Waals surface area contributed by atoms with Gasteiger partial charge in [-0.1, -0.05) is 0 Å². The predicted molar refractivity (Wildman–Crippen MR) is 107 cm³/mol. The summed E-state index contributed by atoms with van der Waals surface area (Å²) in [5.41, 5.74) is 3.37. The Morgan fingerprint density at radius 2 is 1.92 bits per heavy atom. The van der Waals surface area contributed by atoms with Crippen molar-refractivity contribution in [1.29, 1.82) is 0 Å². The van der Waals surface area contributed by atoms with E-state index in [9.17, 15) is 10.2 Å². The Labute approximate surface area is 158 Å². The molecule has 26 heavy (non-hydrogen) atoms. The first-order valence-corrected chi connectivity index (χ1v) is 8.97. The van der Waals surface area contributed by atoms with Crippen molar-refractivity contribution < 1.29 is 14.9 Å². The highest BCUT2D eigenvalue weighted by Crippen LogP contribution is 2.38. The third-order valence-corrected chi connectivity index (χ3v) is 5.37. The summed E-state index contributed by atoms with van der Waals surface area (Å²) in [5, 5.41) is 20.1. The highest BCUT2D eigenvalue weighted by Gasteiger charge is 2.17. The lowest BCUT2D eigenvalue weighted by atomic mass is 10.1. The molecule has 2 N–H and O–H groups in total. The maximum absolute atomic E-state index is 10.7. The van der Waals surface area contributed by atoms with E-state index in [4.69, 9.17) is 17.0 Å². The van der Waals surface area contributed by atoms with Gasteiger partial charge >= 0.3 is 0 Å². The quantitative estimate of drug-likeness (QED) is 0.630. The summed E-state index contributed by atoms with van der Waals surface area (Å²) in [7, 11) is 1.62. The van der Waals surface area contributed by atoms with Crippen molar-refractivity contribution in [2.24, 2.45) is 4.99 Å². The molecule has 130 valence electrons. The predicted octanol–water partition coefficient (Wildman–Crippen LogP) is 4.94. The van der Waals surface area contributed by atoms with Crippen LogP contribution in [0.15, 0.2) is 47.5 Å². The van der Waals surface area contributed by atoms with Gasteiger partial charge in [0.15, 0.2) is 3.95 Å². The van der Waals surface area contributed by atoms with Crippen LogP contribution < -0.4 is 4.74 Å². The fourth-order valence-electron chi connectivity index (χ4n) is 2.76. The molecule has 5 nitrogen and oxygen atoms in total. The molecule has 0 saturated carbocycles. The number of allylic oxidation sites excluding steroid dienone is 1. The van der Waals surface area contributed by atoms with Gasteiger partial charge in [0.1, 0.15) is 11.5 Å². The van der Waals surface area contributed by atoms with E-state index >= 15 is 0 Å². The maximum atomic E-state index is 10.7. The molecule has 1 aliphatic rings. The van der Waals surface area contributed by atoms with Crippen LogP contribution in [-0.2, 0) is 0 Å². The Morgan fingerprint density at radius 3 is 2.65 bits per heavy atom. The molecular weight excluding hydrogens is 368 g/mol. The van der Waals surface area contributed by atoms with Gasteiger partial charge in [-0.3, -0.25) is 9.56 Å². The minimum Gasteiger partial charge on any atom is -0.508 e. The molecule has 4 rings (SSSR count). The molecule has 0 amide bonds. The molecular formula is C19H14N2O3S2. The minimum absolute atomic E-state index is 0.0583. The third-order valence-electron chi connectivity index (χ3n) is 4.06. The monoisotopic (exact) mass is 382 g/mol. The normalized spacial score (nSPS) is 14.0. The number of hydrogen-bond acceptors (Lipinski definition) is 6. The van der Waals surface area contributed by atoms with Gasteiger partial charge in [-0.25, -0.2) is 0 Å². The lowest BCUT2D eigenvalue weighted by molar-refractivity contribution is 0.415. The van der Waals surface area contributed by atoms with Crippen LogP contribution in [0.3, 0.4) is 0 Å². The summed E-state index contributed by atoms with van der Waals surface area (Å²) >= 11 is 6.72. The Balaban J connectivity index is 1.79. The summed E-state index contributed by atoms with van der Waals surface area (Å²) in [4.78, 5) is 5.03. The molecule has 0 radical (unpaired) electrons. The summed E-state index contributed by atoms with van der Waals surface area (Å²) in [6.07, 6.45) is 3.62. The zero-order valence-electron chi connectivity index (χ0n) is 13.7. The molecule has 0 saturated heterocycles. The Kier molecular flexibility index (Phi) is 4.10. The Hall–Kier alpha value is -2.90. The standard InChI is InChI=1S/C19H14N2O3S2/c1-24-14-6-7-16-15(9-14)11(10-20-16)8-17-18(23)21(19(25)26-17)12-2-4-13(22)5-3-12/h2-10,22-23H,1H3/b11-8-. The van der Waals surface area contributed by atoms with E-state index in [1.165, 1.54) is 11.3 Å². The second-order valence-electron chi connectivity index (χ2n) is 5.65. The molecule has 0 aliphatic carbocycles. The summed E-state index contributed by atoms with van der Waals surface area (Å²) in [5.74, 6) is 0.964. The summed E-state index contributed by atoms with van der Waals surface area (Å²) < 4.78 is 7.37. The molecule has 2 aromatic carbocycles. The lowest BCUT2D eigenvalue weighted by Gasteiger charge is -2.05. The number of fused-ring (bicyclic) bond motifs is 1. The van der Waals surface area contributed by atoms with E-state index in [-0.39, 0.29) is 11.6 Å². The number of aliphatic imine (C=N–C) groups is 1. The number of hydrogen-bond donors (Lipinski definition) is 2. The van der Waals surface area contributed by atoms with Gasteiger partial charge in [0, 0.05) is 17.4 Å². The van der Waals surface area contributed by atoms with Crippen LogP contribution in [0.4, 0.5) is 5.69 Å². The number of nitrogens with zero attached hydrogens (tertiary/aromatic N) is 2. The number of methoxy groups -OCH3 is 1. The average Bonchev–Trinajstić information content (AvgIpc) is 3.17. The molecule has 0 spiro atoms. The van der Waals surface area contributed by atoms with Crippen molar-refractivity contribution in [1.82, 2.24) is 4.57 Å². The van der Waals surface area contributed by atoms with Gasteiger partial charge in [-0.05, 0) is 60.8 Å². The second-order valence-corrected chi connectivity index (χ2v) is 7.32. The largest absolute Gasteiger partial charge is 0.508 e. The number of phenolic OH excluding ortho intramolecular Hbond substituents is 1. The van der Waals surface area contributed by atoms with Crippen LogP contribution in [0.5, 0.6) is 17.4 Å². The van der Waals surface area contributed by atoms with E-state index in [0.717, 1.165) is 22.6 Å². The van der Waals surface area contributed by atoms with E-state index in [0.29, 0.717) is 14.5 Å². The molecule has 0 bridgehead atoms. The van der Waals surface area contributed by atoms with Crippen LogP contribution in [0, 0.1) is 3.95 Å². The van der Waals surface area contributed by atoms with Crippen molar-refractivity contribution in [2.75, 3.05) is 7.11 Å². The van der Waals surface area contributed by atoms with Crippen LogP contribution in [-0.4, -0.2) is 28.1 Å². The fourth-order valence-corrected chi connectivity index (χ4v) is 4.06. The van der Waals surface area contributed by atoms with Crippen molar-refractivity contribution in [3.63, 3.8) is 0 Å². The van der Waals surface area contributed by atoms with Crippen molar-refractivity contribution in [2.45, 2.75) is 0 Å². The third kappa shape index (κ3) is 2.81. The SMILES string of the molecule is COc1ccc2c(c1)/C(=C\c1sc(=S)n(-c3ccc(O)cc3)c1O)C=N2. The van der Waals surface area contributed by atoms with Gasteiger partial charge in [0.2, 0.25) is 5.88 Å². The van der Waals surface area contributed by atoms with Crippen LogP contribution in [0.1, 0.15) is 10.4 Å². The first-order chi connectivity index (χ1) is 12.6. The zero-order valence-corrected chi connectivity index (χ0v) is 15.3. The van der Waals surface area contributed by atoms with Gasteiger partial charge in [-0.15, -0.1) is 11.3 Å². The van der Waals surface area contributed by atoms with Crippen molar-refractivity contribution >= 4 is 47.1 Å². The topological polar surface area (TPSA) is 67.0 Å². The van der Waals surface area contributed by atoms with Gasteiger partial charge in [0.05, 0.1) is 23.4 Å². The number of ether oxygens (including phenoxy) is 1. The van der Waals surface area contributed by atoms with E-state index < -0.39 is 0 Å². The first kappa shape index (κ1) is 16.6. The van der Waals surface area contributed by atoms with Crippen LogP contribution in [0.2, 0.25) is 0 Å². The maximum Gasteiger partial charge on any atom is 0.215 e. The highest BCUT2D eigenvalue weighted by atomic mass is 32.1. The molecule has 0 unspecified atom stereocenters. The number of rotatable bonds is 3. The Bertz CT molecular complexity index is 1110. The molecule has 7 heteroatoms. The van der Waals surface area contributed by atoms with Gasteiger partial charge in [0.25, 0.3) is 0 Å². The number of phenols is 1. The van der Waals surface area contributed by atoms with E-state index in [1.807, 2.05) is 24.3 Å². The average molecular weight is 382 g/mol. The van der Waals surface area contributed by atoms with Gasteiger partial charge < -0.3 is 14.9 Å². The molecule has 1 aliphatic heterocycles. The molecule has 0 fully saturated rings. The number of benzene rings is 2. The molecule has 1 aromatic heterocycles. The molecule has 2 heterocycles. The minimum atomic E-state index is 0.0583. The zero-order chi connectivity index (χ0) is 18.3. The Morgan fingerprint density at radius 1 is 1.15 bits per heavy atom. The van der Waals surface area contributed by atoms with Crippen molar-refractivity contribution in [3.05, 3.63) is 56.9 Å². The van der Waals surface area contributed by atoms with E-state index in [2.05, 4.69) is 4.99 Å².